The molecule has 0 unspecified atom stereocenters. The minimum atomic E-state index is -1.76. The Balaban J connectivity index is 3.51. The predicted molar refractivity (Wildman–Crippen MR) is 22.9 cm³/mol. The summed E-state index contributed by atoms with van der Waals surface area (Å²) in [5.41, 5.74) is 1.42. The lowest BCUT2D eigenvalue weighted by molar-refractivity contribution is -0.169. The highest BCUT2D eigenvalue weighted by Crippen LogP contribution is 1.68. The molecule has 0 aliphatic carbocycles. The van der Waals surface area contributed by atoms with Gasteiger partial charge in [0.05, 0.1) is 0 Å². The first-order valence-corrected chi connectivity index (χ1v) is 1.81. The monoisotopic (exact) mass is 133 g/mol. The highest BCUT2D eigenvalue weighted by atomic mass is 16.7. The summed E-state index contributed by atoms with van der Waals surface area (Å²) in [7, 11) is 0. The van der Waals surface area contributed by atoms with Crippen molar-refractivity contribution in [1.82, 2.24) is 5.48 Å². The fraction of sp³-hybridized carbons (Fsp3) is 0. The number of amides is 1. The molecule has 9 heavy (non-hydrogen) atoms. The molecular formula is C3H3NO5. The summed E-state index contributed by atoms with van der Waals surface area (Å²) < 4.78 is 0. The van der Waals surface area contributed by atoms with Gasteiger partial charge in [0.25, 0.3) is 0 Å². The maximum absolute atomic E-state index is 9.86. The number of hydroxylamine groups is 1. The molecule has 0 aromatic rings. The summed E-state index contributed by atoms with van der Waals surface area (Å²) in [6.07, 6.45) is 0.0425. The summed E-state index contributed by atoms with van der Waals surface area (Å²) >= 11 is 0. The molecule has 0 heterocycles. The first-order valence-electron chi connectivity index (χ1n) is 1.81. The standard InChI is InChI=1S/C3H3NO5/c5-1-4-9-3(8)2(6)7/h1H,(H,4,5)(H,6,7). The van der Waals surface area contributed by atoms with Crippen molar-refractivity contribution in [2.45, 2.75) is 0 Å². The Hall–Kier alpha value is -1.59. The zero-order valence-corrected chi connectivity index (χ0v) is 4.16. The third kappa shape index (κ3) is 3.03. The lowest BCUT2D eigenvalue weighted by Gasteiger charge is -1.92. The van der Waals surface area contributed by atoms with Crippen LogP contribution in [-0.2, 0) is 19.2 Å². The van der Waals surface area contributed by atoms with Crippen LogP contribution < -0.4 is 5.48 Å². The van der Waals surface area contributed by atoms with Gasteiger partial charge in [0, 0.05) is 0 Å². The summed E-state index contributed by atoms with van der Waals surface area (Å²) in [4.78, 5) is 32.4. The molecule has 0 rings (SSSR count). The average Bonchev–Trinajstić information content (AvgIpc) is 1.82. The zero-order chi connectivity index (χ0) is 7.28. The van der Waals surface area contributed by atoms with E-state index >= 15 is 0 Å². The molecule has 6 heteroatoms. The SMILES string of the molecule is O=CNOC(=O)C(=O)O. The van der Waals surface area contributed by atoms with Crippen LogP contribution in [0.3, 0.4) is 0 Å². The van der Waals surface area contributed by atoms with E-state index in [9.17, 15) is 14.4 Å². The smallest absolute Gasteiger partial charge is 0.441 e. The maximum Gasteiger partial charge on any atom is 0.441 e. The van der Waals surface area contributed by atoms with Gasteiger partial charge < -0.3 is 9.94 Å². The van der Waals surface area contributed by atoms with Crippen LogP contribution in [0.1, 0.15) is 0 Å². The van der Waals surface area contributed by atoms with Crippen molar-refractivity contribution in [3.63, 3.8) is 0 Å². The van der Waals surface area contributed by atoms with Crippen molar-refractivity contribution >= 4 is 18.3 Å². The Bertz CT molecular complexity index is 141. The van der Waals surface area contributed by atoms with Crippen LogP contribution in [0.2, 0.25) is 0 Å². The van der Waals surface area contributed by atoms with E-state index in [4.69, 9.17) is 5.11 Å². The lowest BCUT2D eigenvalue weighted by atomic mass is 10.7. The van der Waals surface area contributed by atoms with E-state index in [1.54, 1.807) is 0 Å². The molecule has 50 valence electrons. The molecule has 0 radical (unpaired) electrons. The zero-order valence-electron chi connectivity index (χ0n) is 4.16. The fourth-order valence-electron chi connectivity index (χ4n) is 0.121. The average molecular weight is 133 g/mol. The highest BCUT2D eigenvalue weighted by Gasteiger charge is 2.11. The van der Waals surface area contributed by atoms with Crippen molar-refractivity contribution in [2.75, 3.05) is 0 Å². The Morgan fingerprint density at radius 3 is 2.44 bits per heavy atom. The summed E-state index contributed by atoms with van der Waals surface area (Å²) in [6.45, 7) is 0. The van der Waals surface area contributed by atoms with E-state index in [0.717, 1.165) is 0 Å². The van der Waals surface area contributed by atoms with E-state index < -0.39 is 11.9 Å². The van der Waals surface area contributed by atoms with Gasteiger partial charge in [0.2, 0.25) is 6.41 Å². The maximum atomic E-state index is 9.86. The molecule has 0 fully saturated rings. The summed E-state index contributed by atoms with van der Waals surface area (Å²) in [6, 6.07) is 0. The van der Waals surface area contributed by atoms with Crippen LogP contribution in [0.4, 0.5) is 0 Å². The number of aliphatic carboxylic acids is 1. The van der Waals surface area contributed by atoms with Crippen molar-refractivity contribution in [2.24, 2.45) is 0 Å². The lowest BCUT2D eigenvalue weighted by Crippen LogP contribution is -2.24. The number of carboxylic acid groups (broad SMARTS) is 1. The van der Waals surface area contributed by atoms with Gasteiger partial charge in [-0.2, -0.15) is 5.48 Å². The molecule has 0 spiro atoms. The van der Waals surface area contributed by atoms with Crippen LogP contribution in [0.25, 0.3) is 0 Å². The third-order valence-electron chi connectivity index (χ3n) is 0.374. The minimum Gasteiger partial charge on any atom is -0.473 e. The number of hydrogen-bond donors (Lipinski definition) is 2. The van der Waals surface area contributed by atoms with Crippen LogP contribution in [0.15, 0.2) is 0 Å². The Morgan fingerprint density at radius 2 is 2.11 bits per heavy atom. The number of rotatable bonds is 2. The Kier molecular flexibility index (Phi) is 2.81. The molecule has 1 amide bonds. The Morgan fingerprint density at radius 1 is 1.56 bits per heavy atom. The normalized spacial score (nSPS) is 7.56. The largest absolute Gasteiger partial charge is 0.473 e. The van der Waals surface area contributed by atoms with E-state index in [1.807, 2.05) is 0 Å². The van der Waals surface area contributed by atoms with Gasteiger partial charge in [-0.05, 0) is 0 Å². The van der Waals surface area contributed by atoms with Gasteiger partial charge in [-0.3, -0.25) is 4.79 Å². The van der Waals surface area contributed by atoms with E-state index in [0.29, 0.717) is 0 Å². The second kappa shape index (κ2) is 3.42. The van der Waals surface area contributed by atoms with Crippen molar-refractivity contribution < 1.29 is 24.3 Å². The molecule has 6 nitrogen and oxygen atoms in total. The number of hydrogen-bond acceptors (Lipinski definition) is 4. The summed E-state index contributed by atoms with van der Waals surface area (Å²) in [5, 5.41) is 7.78. The molecule has 0 aliphatic rings. The number of carboxylic acids is 1. The molecule has 0 aromatic heterocycles. The van der Waals surface area contributed by atoms with E-state index in [2.05, 4.69) is 4.84 Å². The molecule has 0 aliphatic heterocycles. The fourth-order valence-corrected chi connectivity index (χ4v) is 0.121. The van der Waals surface area contributed by atoms with Crippen molar-refractivity contribution in [3.05, 3.63) is 0 Å². The van der Waals surface area contributed by atoms with E-state index in [-0.39, 0.29) is 6.41 Å². The third-order valence-corrected chi connectivity index (χ3v) is 0.374. The topological polar surface area (TPSA) is 92.7 Å². The van der Waals surface area contributed by atoms with Crippen molar-refractivity contribution in [3.8, 4) is 0 Å². The van der Waals surface area contributed by atoms with Crippen molar-refractivity contribution in [1.29, 1.82) is 0 Å². The molecule has 0 aromatic carbocycles. The number of carbonyl (C=O) groups excluding carboxylic acids is 2. The molecule has 0 bridgehead atoms. The minimum absolute atomic E-state index is 0.0425. The van der Waals surface area contributed by atoms with Gasteiger partial charge >= 0.3 is 11.9 Å². The van der Waals surface area contributed by atoms with Crippen LogP contribution >= 0.6 is 0 Å². The Labute approximate surface area is 49.4 Å². The predicted octanol–water partition coefficient (Wildman–Crippen LogP) is -1.72. The molecule has 0 atom stereocenters. The second-order valence-electron chi connectivity index (χ2n) is 0.930. The van der Waals surface area contributed by atoms with Crippen LogP contribution in [0.5, 0.6) is 0 Å². The van der Waals surface area contributed by atoms with Gasteiger partial charge in [0.1, 0.15) is 0 Å². The van der Waals surface area contributed by atoms with E-state index in [1.165, 1.54) is 5.48 Å². The van der Waals surface area contributed by atoms with Gasteiger partial charge in [-0.15, -0.1) is 0 Å². The highest BCUT2D eigenvalue weighted by molar-refractivity contribution is 6.28. The van der Waals surface area contributed by atoms with Crippen LogP contribution in [-0.4, -0.2) is 23.5 Å². The quantitative estimate of drug-likeness (QED) is 0.265. The van der Waals surface area contributed by atoms with Crippen LogP contribution in [0, 0.1) is 0 Å². The first kappa shape index (κ1) is 7.41. The molecule has 0 saturated carbocycles. The number of carbonyl (C=O) groups is 3. The summed E-state index contributed by atoms with van der Waals surface area (Å²) in [5.74, 6) is -3.29. The van der Waals surface area contributed by atoms with Gasteiger partial charge in [-0.25, -0.2) is 9.59 Å². The van der Waals surface area contributed by atoms with Gasteiger partial charge in [-0.1, -0.05) is 0 Å². The number of nitrogens with one attached hydrogen (secondary N) is 1. The first-order chi connectivity index (χ1) is 4.18. The molecule has 0 saturated heterocycles. The molecular weight excluding hydrogens is 130 g/mol. The second-order valence-corrected chi connectivity index (χ2v) is 0.930. The van der Waals surface area contributed by atoms with Gasteiger partial charge in [0.15, 0.2) is 0 Å². The molecule has 2 N–H and O–H groups in total.